The second-order valence-corrected chi connectivity index (χ2v) is 12.1. The maximum Gasteiger partial charge on any atom is 0.146 e. The molecule has 0 unspecified atom stereocenters. The first-order chi connectivity index (χ1) is 23.6. The van der Waals surface area contributed by atoms with E-state index in [-0.39, 0.29) is 11.6 Å². The summed E-state index contributed by atoms with van der Waals surface area (Å²) in [5.41, 5.74) is 8.59. The highest BCUT2D eigenvalue weighted by atomic mass is 19.1. The van der Waals surface area contributed by atoms with Crippen LogP contribution >= 0.6 is 0 Å². The fourth-order valence-corrected chi connectivity index (χ4v) is 7.35. The number of halogens is 2. The molecule has 0 aliphatic rings. The van der Waals surface area contributed by atoms with Crippen LogP contribution in [-0.2, 0) is 0 Å². The van der Waals surface area contributed by atoms with Crippen molar-refractivity contribution < 1.29 is 8.78 Å². The van der Waals surface area contributed by atoms with Crippen molar-refractivity contribution in [1.82, 2.24) is 18.9 Å². The van der Waals surface area contributed by atoms with E-state index in [1.807, 2.05) is 36.4 Å². The number of imidazole rings is 1. The van der Waals surface area contributed by atoms with Gasteiger partial charge < -0.3 is 0 Å². The van der Waals surface area contributed by atoms with E-state index in [9.17, 15) is 8.78 Å². The molecule has 0 amide bonds. The molecule has 6 aromatic carbocycles. The number of pyridine rings is 2. The molecular weight excluding hydrogens is 598 g/mol. The highest BCUT2D eigenvalue weighted by Gasteiger charge is 2.21. The highest BCUT2D eigenvalue weighted by molar-refractivity contribution is 6.26. The Labute approximate surface area is 272 Å². The van der Waals surface area contributed by atoms with Crippen LogP contribution in [0.4, 0.5) is 8.78 Å². The van der Waals surface area contributed by atoms with Gasteiger partial charge in [-0.1, -0.05) is 84.9 Å². The molecular formula is C42H24F2N4. The van der Waals surface area contributed by atoms with Crippen molar-refractivity contribution in [2.45, 2.75) is 0 Å². The van der Waals surface area contributed by atoms with Crippen molar-refractivity contribution in [1.29, 1.82) is 0 Å². The van der Waals surface area contributed by atoms with Crippen LogP contribution in [0.2, 0.25) is 0 Å². The Bertz CT molecular complexity index is 2870. The first kappa shape index (κ1) is 26.8. The Morgan fingerprint density at radius 2 is 1.15 bits per heavy atom. The van der Waals surface area contributed by atoms with Crippen LogP contribution in [0.15, 0.2) is 146 Å². The molecule has 4 heterocycles. The van der Waals surface area contributed by atoms with E-state index in [2.05, 4.69) is 81.8 Å². The summed E-state index contributed by atoms with van der Waals surface area (Å²) in [6, 6.07) is 46.2. The van der Waals surface area contributed by atoms with Crippen molar-refractivity contribution in [3.05, 3.63) is 157 Å². The minimum Gasteiger partial charge on any atom is -0.294 e. The van der Waals surface area contributed by atoms with Gasteiger partial charge in [-0.2, -0.15) is 0 Å². The molecule has 0 saturated heterocycles. The molecule has 0 atom stereocenters. The smallest absolute Gasteiger partial charge is 0.146 e. The highest BCUT2D eigenvalue weighted by Crippen LogP contribution is 2.41. The summed E-state index contributed by atoms with van der Waals surface area (Å²) >= 11 is 0. The van der Waals surface area contributed by atoms with Crippen LogP contribution < -0.4 is 0 Å². The van der Waals surface area contributed by atoms with Gasteiger partial charge in [-0.05, 0) is 77.2 Å². The first-order valence-electron chi connectivity index (χ1n) is 15.8. The third-order valence-electron chi connectivity index (χ3n) is 9.37. The molecule has 0 saturated carbocycles. The zero-order valence-corrected chi connectivity index (χ0v) is 25.4. The average Bonchev–Trinajstić information content (AvgIpc) is 3.68. The summed E-state index contributed by atoms with van der Waals surface area (Å²) < 4.78 is 33.5. The lowest BCUT2D eigenvalue weighted by Crippen LogP contribution is -2.00. The lowest BCUT2D eigenvalue weighted by molar-refractivity contribution is 0.628. The zero-order valence-electron chi connectivity index (χ0n) is 25.4. The summed E-state index contributed by atoms with van der Waals surface area (Å²) in [6.07, 6.45) is 0. The fourth-order valence-electron chi connectivity index (χ4n) is 7.35. The topological polar surface area (TPSA) is 35.1 Å². The third kappa shape index (κ3) is 3.86. The molecule has 4 aromatic heterocycles. The number of fused-ring (bicyclic) bond motifs is 12. The van der Waals surface area contributed by atoms with Crippen molar-refractivity contribution in [2.75, 3.05) is 0 Å². The predicted octanol–water partition coefficient (Wildman–Crippen LogP) is 10.9. The monoisotopic (exact) mass is 622 g/mol. The van der Waals surface area contributed by atoms with Gasteiger partial charge in [-0.3, -0.25) is 8.97 Å². The van der Waals surface area contributed by atoms with E-state index in [4.69, 9.17) is 9.97 Å². The van der Waals surface area contributed by atoms with E-state index in [1.165, 1.54) is 24.3 Å². The van der Waals surface area contributed by atoms with E-state index >= 15 is 0 Å². The normalized spacial score (nSPS) is 12.0. The number of aromatic nitrogens is 4. The third-order valence-corrected chi connectivity index (χ3v) is 9.37. The van der Waals surface area contributed by atoms with Gasteiger partial charge in [0.05, 0.1) is 33.3 Å². The second kappa shape index (κ2) is 10.0. The van der Waals surface area contributed by atoms with Gasteiger partial charge in [0.2, 0.25) is 0 Å². The molecule has 6 heteroatoms. The predicted molar refractivity (Wildman–Crippen MR) is 191 cm³/mol. The van der Waals surface area contributed by atoms with Gasteiger partial charge in [0, 0.05) is 27.1 Å². The Morgan fingerprint density at radius 1 is 0.458 bits per heavy atom. The maximum absolute atomic E-state index is 14.5. The van der Waals surface area contributed by atoms with Gasteiger partial charge in [0.1, 0.15) is 23.1 Å². The van der Waals surface area contributed by atoms with Crippen molar-refractivity contribution in [3.63, 3.8) is 0 Å². The molecule has 0 bridgehead atoms. The van der Waals surface area contributed by atoms with Crippen LogP contribution in [0.3, 0.4) is 0 Å². The Morgan fingerprint density at radius 3 is 1.96 bits per heavy atom. The molecule has 0 N–H and O–H groups in total. The van der Waals surface area contributed by atoms with Gasteiger partial charge in [0.15, 0.2) is 0 Å². The van der Waals surface area contributed by atoms with Crippen LogP contribution in [-0.4, -0.2) is 18.9 Å². The summed E-state index contributed by atoms with van der Waals surface area (Å²) in [6.45, 7) is 0. The summed E-state index contributed by atoms with van der Waals surface area (Å²) in [4.78, 5) is 10.3. The minimum atomic E-state index is -0.348. The second-order valence-electron chi connectivity index (χ2n) is 12.1. The van der Waals surface area contributed by atoms with Crippen LogP contribution in [0, 0.1) is 11.6 Å². The van der Waals surface area contributed by atoms with E-state index in [1.54, 1.807) is 12.1 Å². The number of para-hydroxylation sites is 3. The summed E-state index contributed by atoms with van der Waals surface area (Å²) in [7, 11) is 0. The molecule has 0 radical (unpaired) electrons. The number of hydrogen-bond acceptors (Lipinski definition) is 2. The van der Waals surface area contributed by atoms with Crippen molar-refractivity contribution in [2.24, 2.45) is 0 Å². The molecule has 0 spiro atoms. The SMILES string of the molecule is Fc1cccc(-c2cc(-c3cccc(F)c3)nc(-n3c4ccccc4c4c3ccc3c5ccccc5c5nc6ccccc6n5c34)c2)c1. The number of rotatable bonds is 3. The molecule has 48 heavy (non-hydrogen) atoms. The summed E-state index contributed by atoms with van der Waals surface area (Å²) in [5, 5.41) is 5.49. The fraction of sp³-hybridized carbons (Fsp3) is 0. The zero-order chi connectivity index (χ0) is 31.9. The van der Waals surface area contributed by atoms with Crippen LogP contribution in [0.1, 0.15) is 0 Å². The van der Waals surface area contributed by atoms with Gasteiger partial charge in [-0.15, -0.1) is 0 Å². The standard InChI is InChI=1S/C42H24F2N4/c43-28-11-7-9-25(21-28)27-23-35(26-10-8-12-29(44)22-26)45-39(24-27)47-36-17-5-3-15-33(36)40-38(47)20-19-31-30-13-1-2-14-32(30)42-46-34-16-4-6-18-37(34)48(42)41(31)40/h1-24H. The van der Waals surface area contributed by atoms with Crippen LogP contribution in [0.25, 0.3) is 88.4 Å². The Hall–Kier alpha value is -6.40. The Kier molecular flexibility index (Phi) is 5.61. The number of benzene rings is 6. The molecule has 226 valence electrons. The summed E-state index contributed by atoms with van der Waals surface area (Å²) in [5.74, 6) is -0.0291. The Balaban J connectivity index is 1.38. The quantitative estimate of drug-likeness (QED) is 0.184. The van der Waals surface area contributed by atoms with Gasteiger partial charge in [0.25, 0.3) is 0 Å². The average molecular weight is 623 g/mol. The van der Waals surface area contributed by atoms with E-state index < -0.39 is 0 Å². The molecule has 10 aromatic rings. The lowest BCUT2D eigenvalue weighted by Gasteiger charge is -2.14. The lowest BCUT2D eigenvalue weighted by atomic mass is 10.0. The molecule has 0 fully saturated rings. The number of nitrogens with zero attached hydrogens (tertiary/aromatic N) is 4. The first-order valence-corrected chi connectivity index (χ1v) is 15.8. The van der Waals surface area contributed by atoms with Gasteiger partial charge in [-0.25, -0.2) is 18.7 Å². The molecule has 0 aliphatic carbocycles. The molecule has 4 nitrogen and oxygen atoms in total. The number of hydrogen-bond donors (Lipinski definition) is 0. The minimum absolute atomic E-state index is 0.328. The van der Waals surface area contributed by atoms with E-state index in [0.717, 1.165) is 65.7 Å². The molecule has 0 aliphatic heterocycles. The van der Waals surface area contributed by atoms with Gasteiger partial charge >= 0.3 is 0 Å². The van der Waals surface area contributed by atoms with Crippen LogP contribution in [0.5, 0.6) is 0 Å². The largest absolute Gasteiger partial charge is 0.294 e. The van der Waals surface area contributed by atoms with E-state index in [0.29, 0.717) is 22.6 Å². The van der Waals surface area contributed by atoms with Crippen molar-refractivity contribution >= 4 is 60.2 Å². The van der Waals surface area contributed by atoms with Crippen molar-refractivity contribution in [3.8, 4) is 28.2 Å². The molecule has 10 rings (SSSR count). The maximum atomic E-state index is 14.5.